The van der Waals surface area contributed by atoms with Gasteiger partial charge in [0.15, 0.2) is 0 Å². The Balaban J connectivity index is 1.90. The van der Waals surface area contributed by atoms with Gasteiger partial charge in [-0.15, -0.1) is 0 Å². The summed E-state index contributed by atoms with van der Waals surface area (Å²) in [5.74, 6) is 0.164. The zero-order valence-corrected chi connectivity index (χ0v) is 12.1. The van der Waals surface area contributed by atoms with E-state index in [1.807, 2.05) is 23.1 Å². The summed E-state index contributed by atoms with van der Waals surface area (Å²) in [5.41, 5.74) is 1.18. The first kappa shape index (κ1) is 14.8. The van der Waals surface area contributed by atoms with Crippen molar-refractivity contribution < 1.29 is 14.6 Å². The second-order valence-electron chi connectivity index (χ2n) is 5.14. The molecule has 0 bridgehead atoms. The smallest absolute Gasteiger partial charge is 0.320 e. The Labute approximate surface area is 119 Å². The van der Waals surface area contributed by atoms with Crippen molar-refractivity contribution in [2.75, 3.05) is 33.3 Å². The molecule has 1 aromatic rings. The second-order valence-corrected chi connectivity index (χ2v) is 5.14. The minimum absolute atomic E-state index is 0.400. The van der Waals surface area contributed by atoms with Crippen molar-refractivity contribution in [2.24, 2.45) is 0 Å². The summed E-state index contributed by atoms with van der Waals surface area (Å²) >= 11 is 0. The molecule has 0 aliphatic carbocycles. The molecule has 1 atom stereocenters. The molecular weight excluding hydrogens is 256 g/mol. The van der Waals surface area contributed by atoms with Gasteiger partial charge in [-0.2, -0.15) is 0 Å². The van der Waals surface area contributed by atoms with Crippen molar-refractivity contribution in [2.45, 2.75) is 19.5 Å². The number of para-hydroxylation sites is 1. The average Bonchev–Trinajstić information content (AvgIpc) is 2.48. The summed E-state index contributed by atoms with van der Waals surface area (Å²) in [6.07, 6.45) is 0. The molecule has 1 aromatic carbocycles. The van der Waals surface area contributed by atoms with Crippen molar-refractivity contribution in [3.8, 4) is 5.75 Å². The summed E-state index contributed by atoms with van der Waals surface area (Å²) in [4.78, 5) is 15.3. The fourth-order valence-electron chi connectivity index (χ4n) is 2.54. The topological polar surface area (TPSA) is 53.0 Å². The van der Waals surface area contributed by atoms with Crippen LogP contribution >= 0.6 is 0 Å². The standard InChI is InChI=1S/C15H22N2O3/c1-12(15(18)19)17-9-7-16(8-10-17)11-13-5-3-4-6-14(13)20-2/h3-6,12H,7-11H2,1-2H3,(H,18,19). The number of ether oxygens (including phenoxy) is 1. The lowest BCUT2D eigenvalue weighted by atomic mass is 10.1. The lowest BCUT2D eigenvalue weighted by Gasteiger charge is -2.36. The maximum absolute atomic E-state index is 11.0. The summed E-state index contributed by atoms with van der Waals surface area (Å²) < 4.78 is 5.36. The van der Waals surface area contributed by atoms with Crippen LogP contribution in [0.25, 0.3) is 0 Å². The van der Waals surface area contributed by atoms with Crippen LogP contribution in [0.3, 0.4) is 0 Å². The predicted octanol–water partition coefficient (Wildman–Crippen LogP) is 1.29. The molecule has 1 fully saturated rings. The molecule has 1 N–H and O–H groups in total. The minimum atomic E-state index is -0.747. The van der Waals surface area contributed by atoms with E-state index in [1.165, 1.54) is 5.56 Å². The SMILES string of the molecule is COc1ccccc1CN1CCN(C(C)C(=O)O)CC1. The molecule has 20 heavy (non-hydrogen) atoms. The summed E-state index contributed by atoms with van der Waals surface area (Å²) in [6.45, 7) is 5.95. The molecular formula is C15H22N2O3. The summed E-state index contributed by atoms with van der Waals surface area (Å²) in [5, 5.41) is 9.03. The van der Waals surface area contributed by atoms with Gasteiger partial charge in [-0.25, -0.2) is 0 Å². The number of rotatable bonds is 5. The quantitative estimate of drug-likeness (QED) is 0.879. The number of carbonyl (C=O) groups is 1. The number of carboxylic acid groups (broad SMARTS) is 1. The number of hydrogen-bond acceptors (Lipinski definition) is 4. The van der Waals surface area contributed by atoms with E-state index in [0.717, 1.165) is 38.5 Å². The zero-order chi connectivity index (χ0) is 14.5. The third-order valence-electron chi connectivity index (χ3n) is 3.90. The molecule has 110 valence electrons. The highest BCUT2D eigenvalue weighted by Gasteiger charge is 2.25. The molecule has 1 aliphatic rings. The number of aliphatic carboxylic acids is 1. The number of benzene rings is 1. The maximum atomic E-state index is 11.0. The van der Waals surface area contributed by atoms with Gasteiger partial charge < -0.3 is 9.84 Å². The summed E-state index contributed by atoms with van der Waals surface area (Å²) in [6, 6.07) is 7.63. The largest absolute Gasteiger partial charge is 0.496 e. The first-order chi connectivity index (χ1) is 9.61. The van der Waals surface area contributed by atoms with Crippen LogP contribution in [0.2, 0.25) is 0 Å². The van der Waals surface area contributed by atoms with E-state index in [4.69, 9.17) is 9.84 Å². The molecule has 0 saturated carbocycles. The lowest BCUT2D eigenvalue weighted by Crippen LogP contribution is -2.51. The lowest BCUT2D eigenvalue weighted by molar-refractivity contribution is -0.143. The number of piperazine rings is 1. The van der Waals surface area contributed by atoms with E-state index < -0.39 is 12.0 Å². The van der Waals surface area contributed by atoms with Gasteiger partial charge in [-0.1, -0.05) is 18.2 Å². The Kier molecular flexibility index (Phi) is 4.98. The maximum Gasteiger partial charge on any atom is 0.320 e. The molecule has 1 saturated heterocycles. The molecule has 1 aliphatic heterocycles. The van der Waals surface area contributed by atoms with Crippen LogP contribution in [0.1, 0.15) is 12.5 Å². The van der Waals surface area contributed by atoms with Crippen molar-refractivity contribution in [3.63, 3.8) is 0 Å². The van der Waals surface area contributed by atoms with Gasteiger partial charge in [-0.05, 0) is 13.0 Å². The molecule has 0 radical (unpaired) electrons. The van der Waals surface area contributed by atoms with Gasteiger partial charge in [0.25, 0.3) is 0 Å². The van der Waals surface area contributed by atoms with E-state index in [0.29, 0.717) is 0 Å². The second kappa shape index (κ2) is 6.72. The molecule has 2 rings (SSSR count). The molecule has 1 unspecified atom stereocenters. The number of nitrogens with zero attached hydrogens (tertiary/aromatic N) is 2. The Morgan fingerprint density at radius 3 is 2.55 bits per heavy atom. The monoisotopic (exact) mass is 278 g/mol. The van der Waals surface area contributed by atoms with Crippen LogP contribution < -0.4 is 4.74 Å². The van der Waals surface area contributed by atoms with E-state index in [-0.39, 0.29) is 0 Å². The molecule has 0 spiro atoms. The van der Waals surface area contributed by atoms with E-state index in [1.54, 1.807) is 14.0 Å². The van der Waals surface area contributed by atoms with E-state index >= 15 is 0 Å². The molecule has 0 aromatic heterocycles. The Bertz CT molecular complexity index is 456. The van der Waals surface area contributed by atoms with E-state index in [2.05, 4.69) is 11.0 Å². The molecule has 5 nitrogen and oxygen atoms in total. The highest BCUT2D eigenvalue weighted by molar-refractivity contribution is 5.72. The van der Waals surface area contributed by atoms with Crippen LogP contribution in [0.15, 0.2) is 24.3 Å². The first-order valence-corrected chi connectivity index (χ1v) is 6.93. The zero-order valence-electron chi connectivity index (χ0n) is 12.1. The van der Waals surface area contributed by atoms with Gasteiger partial charge in [-0.3, -0.25) is 14.6 Å². The van der Waals surface area contributed by atoms with Gasteiger partial charge >= 0.3 is 5.97 Å². The predicted molar refractivity (Wildman–Crippen MR) is 76.9 cm³/mol. The van der Waals surface area contributed by atoms with Gasteiger partial charge in [0, 0.05) is 38.3 Å². The number of methoxy groups -OCH3 is 1. The fourth-order valence-corrected chi connectivity index (χ4v) is 2.54. The van der Waals surface area contributed by atoms with Crippen molar-refractivity contribution >= 4 is 5.97 Å². The summed E-state index contributed by atoms with van der Waals surface area (Å²) in [7, 11) is 1.69. The molecule has 1 heterocycles. The van der Waals surface area contributed by atoms with Gasteiger partial charge in [0.1, 0.15) is 11.8 Å². The van der Waals surface area contributed by atoms with Crippen LogP contribution in [0.5, 0.6) is 5.75 Å². The van der Waals surface area contributed by atoms with Crippen LogP contribution in [0, 0.1) is 0 Å². The first-order valence-electron chi connectivity index (χ1n) is 6.93. The third kappa shape index (κ3) is 3.49. The molecule has 5 heteroatoms. The third-order valence-corrected chi connectivity index (χ3v) is 3.90. The normalized spacial score (nSPS) is 18.7. The van der Waals surface area contributed by atoms with Crippen LogP contribution in [0.4, 0.5) is 0 Å². The van der Waals surface area contributed by atoms with Gasteiger partial charge in [0.05, 0.1) is 7.11 Å². The van der Waals surface area contributed by atoms with Crippen molar-refractivity contribution in [1.29, 1.82) is 0 Å². The molecule has 0 amide bonds. The fraction of sp³-hybridized carbons (Fsp3) is 0.533. The minimum Gasteiger partial charge on any atom is -0.496 e. The Morgan fingerprint density at radius 2 is 1.95 bits per heavy atom. The number of hydrogen-bond donors (Lipinski definition) is 1. The van der Waals surface area contributed by atoms with Crippen LogP contribution in [-0.2, 0) is 11.3 Å². The highest BCUT2D eigenvalue weighted by Crippen LogP contribution is 2.20. The number of carboxylic acids is 1. The Morgan fingerprint density at radius 1 is 1.30 bits per heavy atom. The van der Waals surface area contributed by atoms with Crippen LogP contribution in [-0.4, -0.2) is 60.2 Å². The highest BCUT2D eigenvalue weighted by atomic mass is 16.5. The Hall–Kier alpha value is -1.59. The van der Waals surface area contributed by atoms with E-state index in [9.17, 15) is 4.79 Å². The van der Waals surface area contributed by atoms with Gasteiger partial charge in [0.2, 0.25) is 0 Å². The average molecular weight is 278 g/mol. The van der Waals surface area contributed by atoms with Crippen molar-refractivity contribution in [1.82, 2.24) is 9.80 Å². The van der Waals surface area contributed by atoms with Crippen molar-refractivity contribution in [3.05, 3.63) is 29.8 Å².